The van der Waals surface area contributed by atoms with Crippen molar-refractivity contribution in [2.45, 2.75) is 58.4 Å². The second kappa shape index (κ2) is 8.54. The fourth-order valence-electron chi connectivity index (χ4n) is 2.58. The van der Waals surface area contributed by atoms with Crippen molar-refractivity contribution in [3.63, 3.8) is 0 Å². The fraction of sp³-hybridized carbons (Fsp3) is 0.556. The quantitative estimate of drug-likeness (QED) is 0.488. The Balaban J connectivity index is 2.15. The van der Waals surface area contributed by atoms with E-state index in [1.807, 2.05) is 32.9 Å². The molecule has 0 bridgehead atoms. The van der Waals surface area contributed by atoms with Crippen LogP contribution >= 0.6 is 11.6 Å². The van der Waals surface area contributed by atoms with E-state index in [-0.39, 0.29) is 11.4 Å². The van der Waals surface area contributed by atoms with Crippen LogP contribution in [0.25, 0.3) is 0 Å². The topological polar surface area (TPSA) is 71.4 Å². The molecule has 7 heteroatoms. The van der Waals surface area contributed by atoms with Gasteiger partial charge in [0, 0.05) is 12.2 Å². The lowest BCUT2D eigenvalue weighted by Gasteiger charge is -2.35. The Kier molecular flexibility index (Phi) is 6.67. The second-order valence-electron chi connectivity index (χ2n) is 7.02. The van der Waals surface area contributed by atoms with Crippen molar-refractivity contribution in [2.75, 3.05) is 6.61 Å². The van der Waals surface area contributed by atoms with Crippen LogP contribution in [0, 0.1) is 0 Å². The highest BCUT2D eigenvalue weighted by Gasteiger charge is 2.30. The summed E-state index contributed by atoms with van der Waals surface area (Å²) in [7, 11) is 0. The number of nitrogens with zero attached hydrogens (tertiary/aromatic N) is 2. The van der Waals surface area contributed by atoms with E-state index in [9.17, 15) is 4.79 Å². The number of oxime groups is 1. The maximum absolute atomic E-state index is 12.6. The first kappa shape index (κ1) is 19.5. The van der Waals surface area contributed by atoms with Crippen molar-refractivity contribution in [3.05, 3.63) is 35.4 Å². The summed E-state index contributed by atoms with van der Waals surface area (Å²) >= 11 is 5.79. The van der Waals surface area contributed by atoms with Crippen LogP contribution in [0.3, 0.4) is 0 Å². The number of carbonyl (C=O) groups is 1. The molecule has 1 saturated heterocycles. The third-order valence-corrected chi connectivity index (χ3v) is 4.06. The predicted octanol–water partition coefficient (Wildman–Crippen LogP) is 4.32. The Morgan fingerprint density at radius 3 is 2.56 bits per heavy atom. The standard InChI is InChI=1S/C18H25ClN2O4/c1-18(2,3)25-17(22)21(15-6-4-5-11-24-15)12-13-7-9-14(10-8-13)16(19)20-23/h7-10,15,23H,4-6,11-12H2,1-3H3. The van der Waals surface area contributed by atoms with E-state index in [0.717, 1.165) is 24.8 Å². The molecular weight excluding hydrogens is 344 g/mol. The number of benzene rings is 1. The molecule has 1 unspecified atom stereocenters. The van der Waals surface area contributed by atoms with Gasteiger partial charge in [0.15, 0.2) is 5.17 Å². The normalized spacial score (nSPS) is 18.7. The van der Waals surface area contributed by atoms with Gasteiger partial charge in [0.1, 0.15) is 11.8 Å². The monoisotopic (exact) mass is 368 g/mol. The van der Waals surface area contributed by atoms with Gasteiger partial charge in [-0.3, -0.25) is 4.90 Å². The number of amides is 1. The van der Waals surface area contributed by atoms with Crippen LogP contribution in [0.5, 0.6) is 0 Å². The predicted molar refractivity (Wildman–Crippen MR) is 96.0 cm³/mol. The number of carbonyl (C=O) groups excluding carboxylic acids is 1. The Labute approximate surface area is 153 Å². The summed E-state index contributed by atoms with van der Waals surface area (Å²) in [6.45, 7) is 6.54. The minimum absolute atomic E-state index is 0.0196. The molecule has 1 heterocycles. The summed E-state index contributed by atoms with van der Waals surface area (Å²) in [4.78, 5) is 14.3. The molecule has 2 rings (SSSR count). The van der Waals surface area contributed by atoms with Crippen LogP contribution in [-0.4, -0.2) is 39.8 Å². The van der Waals surface area contributed by atoms with Crippen molar-refractivity contribution in [3.8, 4) is 0 Å². The summed E-state index contributed by atoms with van der Waals surface area (Å²) in [6, 6.07) is 7.16. The minimum atomic E-state index is -0.570. The summed E-state index contributed by atoms with van der Waals surface area (Å²) < 4.78 is 11.3. The van der Waals surface area contributed by atoms with E-state index in [1.165, 1.54) is 0 Å². The lowest BCUT2D eigenvalue weighted by Crippen LogP contribution is -2.45. The van der Waals surface area contributed by atoms with Crippen molar-refractivity contribution in [2.24, 2.45) is 5.16 Å². The molecule has 6 nitrogen and oxygen atoms in total. The first-order valence-electron chi connectivity index (χ1n) is 8.38. The number of hydrogen-bond acceptors (Lipinski definition) is 5. The molecule has 0 saturated carbocycles. The van der Waals surface area contributed by atoms with Crippen LogP contribution in [-0.2, 0) is 16.0 Å². The zero-order valence-corrected chi connectivity index (χ0v) is 15.6. The van der Waals surface area contributed by atoms with E-state index in [0.29, 0.717) is 18.7 Å². The lowest BCUT2D eigenvalue weighted by molar-refractivity contribution is -0.0911. The van der Waals surface area contributed by atoms with Crippen LogP contribution < -0.4 is 0 Å². The van der Waals surface area contributed by atoms with Crippen molar-refractivity contribution in [1.82, 2.24) is 4.90 Å². The zero-order valence-electron chi connectivity index (χ0n) is 14.9. The molecular formula is C18H25ClN2O4. The largest absolute Gasteiger partial charge is 0.444 e. The molecule has 0 spiro atoms. The van der Waals surface area contributed by atoms with Gasteiger partial charge in [-0.05, 0) is 45.6 Å². The Morgan fingerprint density at radius 1 is 1.36 bits per heavy atom. The first-order chi connectivity index (χ1) is 11.8. The molecule has 1 N–H and O–H groups in total. The van der Waals surface area contributed by atoms with Crippen molar-refractivity contribution >= 4 is 22.9 Å². The number of ether oxygens (including phenoxy) is 2. The van der Waals surface area contributed by atoms with Crippen LogP contribution in [0.1, 0.15) is 51.2 Å². The molecule has 0 aliphatic carbocycles. The maximum Gasteiger partial charge on any atom is 0.412 e. The van der Waals surface area contributed by atoms with E-state index in [2.05, 4.69) is 5.16 Å². The van der Waals surface area contributed by atoms with E-state index in [1.54, 1.807) is 17.0 Å². The van der Waals surface area contributed by atoms with Crippen LogP contribution in [0.4, 0.5) is 4.79 Å². The average molecular weight is 369 g/mol. The number of rotatable bonds is 4. The molecule has 138 valence electrons. The molecule has 1 aliphatic rings. The van der Waals surface area contributed by atoms with E-state index < -0.39 is 11.7 Å². The molecule has 25 heavy (non-hydrogen) atoms. The summed E-state index contributed by atoms with van der Waals surface area (Å²) in [6.07, 6.45) is 2.14. The van der Waals surface area contributed by atoms with Crippen LogP contribution in [0.15, 0.2) is 29.4 Å². The Hall–Kier alpha value is -1.79. The van der Waals surface area contributed by atoms with Gasteiger partial charge in [-0.15, -0.1) is 0 Å². The third kappa shape index (κ3) is 5.90. The zero-order chi connectivity index (χ0) is 18.4. The van der Waals surface area contributed by atoms with Gasteiger partial charge in [-0.25, -0.2) is 4.79 Å². The van der Waals surface area contributed by atoms with Gasteiger partial charge in [0.2, 0.25) is 0 Å². The molecule has 1 fully saturated rings. The summed E-state index contributed by atoms with van der Waals surface area (Å²) in [5.41, 5.74) is 0.940. The van der Waals surface area contributed by atoms with Crippen LogP contribution in [0.2, 0.25) is 0 Å². The number of halogens is 1. The Bertz CT molecular complexity index is 604. The number of hydrogen-bond donors (Lipinski definition) is 1. The SMILES string of the molecule is CC(C)(C)OC(=O)N(Cc1ccc(C(Cl)=NO)cc1)C1CCCCO1. The summed E-state index contributed by atoms with van der Waals surface area (Å²) in [5.74, 6) is 0. The van der Waals surface area contributed by atoms with Crippen molar-refractivity contribution < 1.29 is 19.5 Å². The third-order valence-electron chi connectivity index (χ3n) is 3.76. The van der Waals surface area contributed by atoms with E-state index in [4.69, 9.17) is 26.3 Å². The molecule has 1 atom stereocenters. The molecule has 1 amide bonds. The summed E-state index contributed by atoms with van der Waals surface area (Å²) in [5, 5.41) is 11.7. The van der Waals surface area contributed by atoms with Gasteiger partial charge in [-0.1, -0.05) is 41.0 Å². The molecule has 1 aliphatic heterocycles. The van der Waals surface area contributed by atoms with Gasteiger partial charge in [0.25, 0.3) is 0 Å². The fourth-order valence-corrected chi connectivity index (χ4v) is 2.70. The highest BCUT2D eigenvalue weighted by molar-refractivity contribution is 6.69. The second-order valence-corrected chi connectivity index (χ2v) is 7.38. The molecule has 0 radical (unpaired) electrons. The lowest BCUT2D eigenvalue weighted by atomic mass is 10.1. The van der Waals surface area contributed by atoms with E-state index >= 15 is 0 Å². The van der Waals surface area contributed by atoms with Gasteiger partial charge < -0.3 is 14.7 Å². The minimum Gasteiger partial charge on any atom is -0.444 e. The highest BCUT2D eigenvalue weighted by atomic mass is 35.5. The van der Waals surface area contributed by atoms with Gasteiger partial charge in [0.05, 0.1) is 6.54 Å². The average Bonchev–Trinajstić information content (AvgIpc) is 2.58. The highest BCUT2D eigenvalue weighted by Crippen LogP contribution is 2.22. The molecule has 1 aromatic carbocycles. The smallest absolute Gasteiger partial charge is 0.412 e. The van der Waals surface area contributed by atoms with Crippen molar-refractivity contribution in [1.29, 1.82) is 0 Å². The Morgan fingerprint density at radius 2 is 2.04 bits per heavy atom. The van der Waals surface area contributed by atoms with Gasteiger partial charge >= 0.3 is 6.09 Å². The first-order valence-corrected chi connectivity index (χ1v) is 8.76. The molecule has 1 aromatic rings. The molecule has 0 aromatic heterocycles. The van der Waals surface area contributed by atoms with Gasteiger partial charge in [-0.2, -0.15) is 0 Å². The maximum atomic E-state index is 12.6.